The van der Waals surface area contributed by atoms with Crippen LogP contribution in [0, 0.1) is 6.92 Å². The molecule has 0 unspecified atom stereocenters. The molecule has 0 aliphatic carbocycles. The second-order valence-corrected chi connectivity index (χ2v) is 6.00. The molecule has 3 aromatic heterocycles. The molecule has 0 aliphatic rings. The number of nitrogens with zero attached hydrogens (tertiary/aromatic N) is 3. The molecular formula is C16H11BrN4O. The molecule has 4 rings (SSSR count). The molecule has 0 fully saturated rings. The second kappa shape index (κ2) is 4.78. The fraction of sp³-hybridized carbons (Fsp3) is 0.0625. The molecule has 0 spiro atoms. The monoisotopic (exact) mass is 354 g/mol. The standard InChI is InChI=1S/C16H11BrN4O/c1-9-14(18-12-5-3-2-4-11(12)15(9)22)16-19-13-7-6-10(17)8-21(13)20-16/h2-8H,1H3,(H,18,22). The zero-order valence-corrected chi connectivity index (χ0v) is 13.3. The first-order valence-electron chi connectivity index (χ1n) is 6.77. The summed E-state index contributed by atoms with van der Waals surface area (Å²) in [4.78, 5) is 20.3. The van der Waals surface area contributed by atoms with Crippen molar-refractivity contribution in [2.45, 2.75) is 6.92 Å². The maximum absolute atomic E-state index is 12.5. The van der Waals surface area contributed by atoms with Crippen LogP contribution in [0.5, 0.6) is 0 Å². The highest BCUT2D eigenvalue weighted by atomic mass is 79.9. The summed E-state index contributed by atoms with van der Waals surface area (Å²) in [6.45, 7) is 1.79. The van der Waals surface area contributed by atoms with Gasteiger partial charge in [0.15, 0.2) is 16.9 Å². The van der Waals surface area contributed by atoms with Gasteiger partial charge in [-0.15, -0.1) is 5.10 Å². The lowest BCUT2D eigenvalue weighted by molar-refractivity contribution is 0.956. The molecule has 0 atom stereocenters. The lowest BCUT2D eigenvalue weighted by atomic mass is 10.1. The van der Waals surface area contributed by atoms with Gasteiger partial charge in [-0.05, 0) is 47.1 Å². The van der Waals surface area contributed by atoms with Crippen LogP contribution in [0.25, 0.3) is 28.1 Å². The van der Waals surface area contributed by atoms with Crippen LogP contribution in [0.1, 0.15) is 5.56 Å². The van der Waals surface area contributed by atoms with Crippen molar-refractivity contribution in [3.63, 3.8) is 0 Å². The Morgan fingerprint density at radius 1 is 1.18 bits per heavy atom. The van der Waals surface area contributed by atoms with Gasteiger partial charge in [0.2, 0.25) is 0 Å². The number of aromatic nitrogens is 4. The number of hydrogen-bond donors (Lipinski definition) is 1. The molecule has 0 saturated heterocycles. The Labute approximate surface area is 133 Å². The molecule has 1 aromatic carbocycles. The Hall–Kier alpha value is -2.47. The average Bonchev–Trinajstić information content (AvgIpc) is 2.93. The predicted molar refractivity (Wildman–Crippen MR) is 89.0 cm³/mol. The van der Waals surface area contributed by atoms with E-state index in [-0.39, 0.29) is 5.43 Å². The maximum Gasteiger partial charge on any atom is 0.198 e. The number of aromatic amines is 1. The van der Waals surface area contributed by atoms with Gasteiger partial charge in [0.25, 0.3) is 0 Å². The van der Waals surface area contributed by atoms with Crippen molar-refractivity contribution >= 4 is 32.5 Å². The lowest BCUT2D eigenvalue weighted by Crippen LogP contribution is -2.09. The molecule has 108 valence electrons. The molecule has 0 aliphatic heterocycles. The van der Waals surface area contributed by atoms with E-state index in [0.717, 1.165) is 15.6 Å². The molecule has 5 nitrogen and oxygen atoms in total. The Balaban J connectivity index is 2.03. The van der Waals surface area contributed by atoms with Crippen LogP contribution in [-0.2, 0) is 0 Å². The number of rotatable bonds is 1. The highest BCUT2D eigenvalue weighted by Gasteiger charge is 2.14. The van der Waals surface area contributed by atoms with Gasteiger partial charge in [0.05, 0.1) is 5.69 Å². The number of H-pyrrole nitrogens is 1. The molecule has 0 radical (unpaired) electrons. The van der Waals surface area contributed by atoms with Crippen molar-refractivity contribution in [2.24, 2.45) is 0 Å². The van der Waals surface area contributed by atoms with E-state index in [1.807, 2.05) is 42.6 Å². The van der Waals surface area contributed by atoms with E-state index in [4.69, 9.17) is 0 Å². The van der Waals surface area contributed by atoms with E-state index < -0.39 is 0 Å². The van der Waals surface area contributed by atoms with Crippen molar-refractivity contribution < 1.29 is 0 Å². The molecular weight excluding hydrogens is 344 g/mol. The summed E-state index contributed by atoms with van der Waals surface area (Å²) in [6, 6.07) is 11.2. The molecule has 4 aromatic rings. The third-order valence-corrected chi connectivity index (χ3v) is 4.13. The molecule has 0 bridgehead atoms. The van der Waals surface area contributed by atoms with Crippen molar-refractivity contribution in [2.75, 3.05) is 0 Å². The largest absolute Gasteiger partial charge is 0.351 e. The van der Waals surface area contributed by atoms with E-state index in [0.29, 0.717) is 22.5 Å². The smallest absolute Gasteiger partial charge is 0.198 e. The maximum atomic E-state index is 12.5. The van der Waals surface area contributed by atoms with Gasteiger partial charge < -0.3 is 4.98 Å². The normalized spacial score (nSPS) is 11.4. The topological polar surface area (TPSA) is 63.1 Å². The SMILES string of the molecule is Cc1c(-c2nc3ccc(Br)cn3n2)[nH]c2ccccc2c1=O. The van der Waals surface area contributed by atoms with Crippen molar-refractivity contribution in [1.82, 2.24) is 19.6 Å². The minimum atomic E-state index is 0.00406. The molecule has 0 saturated carbocycles. The summed E-state index contributed by atoms with van der Waals surface area (Å²) < 4.78 is 2.60. The fourth-order valence-electron chi connectivity index (χ4n) is 2.52. The number of benzene rings is 1. The minimum absolute atomic E-state index is 0.00406. The van der Waals surface area contributed by atoms with Gasteiger partial charge in [-0.25, -0.2) is 9.50 Å². The Kier molecular flexibility index (Phi) is 2.87. The van der Waals surface area contributed by atoms with Crippen LogP contribution >= 0.6 is 15.9 Å². The lowest BCUT2D eigenvalue weighted by Gasteiger charge is -2.04. The number of nitrogens with one attached hydrogen (secondary N) is 1. The number of para-hydroxylation sites is 1. The van der Waals surface area contributed by atoms with Gasteiger partial charge in [-0.3, -0.25) is 4.79 Å². The number of fused-ring (bicyclic) bond motifs is 2. The first-order chi connectivity index (χ1) is 10.6. The Morgan fingerprint density at radius 2 is 2.00 bits per heavy atom. The summed E-state index contributed by atoms with van der Waals surface area (Å²) in [6.07, 6.45) is 1.83. The third-order valence-electron chi connectivity index (χ3n) is 3.67. The Morgan fingerprint density at radius 3 is 2.86 bits per heavy atom. The molecule has 6 heteroatoms. The number of pyridine rings is 2. The van der Waals surface area contributed by atoms with Crippen LogP contribution in [-0.4, -0.2) is 19.6 Å². The molecule has 22 heavy (non-hydrogen) atoms. The van der Waals surface area contributed by atoms with E-state index in [1.54, 1.807) is 11.4 Å². The average molecular weight is 355 g/mol. The second-order valence-electron chi connectivity index (χ2n) is 5.09. The van der Waals surface area contributed by atoms with Crippen molar-refractivity contribution in [3.05, 3.63) is 62.9 Å². The first kappa shape index (κ1) is 13.2. The van der Waals surface area contributed by atoms with E-state index >= 15 is 0 Å². The summed E-state index contributed by atoms with van der Waals surface area (Å²) >= 11 is 3.41. The van der Waals surface area contributed by atoms with Crippen LogP contribution in [0.4, 0.5) is 0 Å². The van der Waals surface area contributed by atoms with Crippen molar-refractivity contribution in [1.29, 1.82) is 0 Å². The number of halogens is 1. The summed E-state index contributed by atoms with van der Waals surface area (Å²) in [7, 11) is 0. The van der Waals surface area contributed by atoms with Crippen molar-refractivity contribution in [3.8, 4) is 11.5 Å². The Bertz CT molecular complexity index is 1080. The van der Waals surface area contributed by atoms with Gasteiger partial charge >= 0.3 is 0 Å². The van der Waals surface area contributed by atoms with Crippen LogP contribution in [0.3, 0.4) is 0 Å². The van der Waals surface area contributed by atoms with E-state index in [1.165, 1.54) is 0 Å². The third kappa shape index (κ3) is 1.95. The van der Waals surface area contributed by atoms with E-state index in [2.05, 4.69) is 31.0 Å². The van der Waals surface area contributed by atoms with Crippen LogP contribution in [0.15, 0.2) is 51.9 Å². The fourth-order valence-corrected chi connectivity index (χ4v) is 2.85. The van der Waals surface area contributed by atoms with Crippen LogP contribution in [0.2, 0.25) is 0 Å². The summed E-state index contributed by atoms with van der Waals surface area (Å²) in [5, 5.41) is 5.13. The van der Waals surface area contributed by atoms with Crippen LogP contribution < -0.4 is 5.43 Å². The van der Waals surface area contributed by atoms with Gasteiger partial charge in [-0.2, -0.15) is 0 Å². The zero-order valence-electron chi connectivity index (χ0n) is 11.7. The van der Waals surface area contributed by atoms with Gasteiger partial charge in [0.1, 0.15) is 0 Å². The highest BCUT2D eigenvalue weighted by Crippen LogP contribution is 2.20. The molecule has 1 N–H and O–H groups in total. The van der Waals surface area contributed by atoms with E-state index in [9.17, 15) is 4.79 Å². The first-order valence-corrected chi connectivity index (χ1v) is 7.57. The predicted octanol–water partition coefficient (Wildman–Crippen LogP) is 3.31. The summed E-state index contributed by atoms with van der Waals surface area (Å²) in [5.41, 5.74) is 2.79. The molecule has 0 amide bonds. The minimum Gasteiger partial charge on any atom is -0.351 e. The highest BCUT2D eigenvalue weighted by molar-refractivity contribution is 9.10. The zero-order chi connectivity index (χ0) is 15.3. The number of hydrogen-bond acceptors (Lipinski definition) is 3. The summed E-state index contributed by atoms with van der Waals surface area (Å²) in [5.74, 6) is 0.512. The molecule has 3 heterocycles. The van der Waals surface area contributed by atoms with Gasteiger partial charge in [-0.1, -0.05) is 12.1 Å². The quantitative estimate of drug-likeness (QED) is 0.570. The van der Waals surface area contributed by atoms with Gasteiger partial charge in [0, 0.05) is 27.1 Å².